The number of nitrogens with one attached hydrogen (secondary N) is 1. The Morgan fingerprint density at radius 2 is 1.97 bits per heavy atom. The van der Waals surface area contributed by atoms with E-state index in [0.717, 1.165) is 10.4 Å². The fourth-order valence-electron chi connectivity index (χ4n) is 4.77. The first-order chi connectivity index (χ1) is 14.8. The quantitative estimate of drug-likeness (QED) is 0.680. The lowest BCUT2D eigenvalue weighted by molar-refractivity contribution is -0.127. The Bertz CT molecular complexity index is 1170. The van der Waals surface area contributed by atoms with Gasteiger partial charge in [-0.05, 0) is 24.6 Å². The second-order valence-corrected chi connectivity index (χ2v) is 9.65. The van der Waals surface area contributed by atoms with Gasteiger partial charge in [0, 0.05) is 43.4 Å². The van der Waals surface area contributed by atoms with Crippen molar-refractivity contribution in [3.8, 4) is 0 Å². The molecule has 0 unspecified atom stereocenters. The number of aromatic nitrogens is 1. The van der Waals surface area contributed by atoms with Gasteiger partial charge in [0.25, 0.3) is 5.56 Å². The molecule has 1 saturated heterocycles. The normalized spacial score (nSPS) is 25.3. The van der Waals surface area contributed by atoms with Gasteiger partial charge in [-0.1, -0.05) is 25.1 Å². The number of amides is 1. The topological polar surface area (TPSA) is 109 Å². The highest BCUT2D eigenvalue weighted by molar-refractivity contribution is 7.89. The Morgan fingerprint density at radius 3 is 2.65 bits per heavy atom. The maximum absolute atomic E-state index is 14.5. The molecule has 8 nitrogen and oxygen atoms in total. The van der Waals surface area contributed by atoms with Crippen molar-refractivity contribution in [1.82, 2.24) is 14.2 Å². The largest absolute Gasteiger partial charge is 0.396 e. The van der Waals surface area contributed by atoms with E-state index in [9.17, 15) is 27.5 Å². The highest BCUT2D eigenvalue weighted by Crippen LogP contribution is 2.50. The van der Waals surface area contributed by atoms with Crippen molar-refractivity contribution >= 4 is 15.9 Å². The molecule has 1 fully saturated rings. The molecule has 166 valence electrons. The maximum atomic E-state index is 14.5. The Hall–Kier alpha value is -2.56. The number of nitrogens with zero attached hydrogens (tertiary/aromatic N) is 2. The number of benzene rings is 1. The summed E-state index contributed by atoms with van der Waals surface area (Å²) in [4.78, 5) is 25.1. The van der Waals surface area contributed by atoms with Gasteiger partial charge in [-0.15, -0.1) is 0 Å². The molecule has 1 aromatic carbocycles. The Morgan fingerprint density at radius 1 is 1.23 bits per heavy atom. The van der Waals surface area contributed by atoms with Crippen molar-refractivity contribution in [3.05, 3.63) is 64.3 Å². The third kappa shape index (κ3) is 3.38. The molecule has 31 heavy (non-hydrogen) atoms. The summed E-state index contributed by atoms with van der Waals surface area (Å²) < 4.78 is 44.2. The minimum atomic E-state index is -4.36. The van der Waals surface area contributed by atoms with Crippen LogP contribution < -0.4 is 10.9 Å². The summed E-state index contributed by atoms with van der Waals surface area (Å²) in [7, 11) is -4.36. The first-order valence-corrected chi connectivity index (χ1v) is 11.6. The fraction of sp³-hybridized carbons (Fsp3) is 0.429. The molecule has 3 heterocycles. The summed E-state index contributed by atoms with van der Waals surface area (Å²) in [6, 6.07) is 7.63. The molecule has 10 heteroatoms. The standard InChI is InChI=1S/C21H24FN3O5S/c1-2-10-23-21(28)19-13(12-26)16-11-24-15(7-5-9-18(24)27)20(19)25(16)31(29,30)17-8-4-3-6-14(17)22/h3-9,13,16,19-20,26H,2,10-12H2,1H3,(H,23,28)/t13-,16-,19+,20+/m1/s1. The van der Waals surface area contributed by atoms with Crippen molar-refractivity contribution in [2.45, 2.75) is 36.9 Å². The van der Waals surface area contributed by atoms with E-state index in [0.29, 0.717) is 18.7 Å². The molecule has 2 aromatic rings. The van der Waals surface area contributed by atoms with Crippen LogP contribution in [0.3, 0.4) is 0 Å². The van der Waals surface area contributed by atoms with Gasteiger partial charge in [0.2, 0.25) is 15.9 Å². The molecule has 4 rings (SSSR count). The molecule has 0 saturated carbocycles. The number of hydrogen-bond donors (Lipinski definition) is 2. The van der Waals surface area contributed by atoms with Crippen LogP contribution in [-0.4, -0.2) is 47.5 Å². The molecule has 0 spiro atoms. The number of hydrogen-bond acceptors (Lipinski definition) is 5. The minimum Gasteiger partial charge on any atom is -0.396 e. The summed E-state index contributed by atoms with van der Waals surface area (Å²) in [5.41, 5.74) is 0.0398. The number of rotatable bonds is 6. The van der Waals surface area contributed by atoms with Crippen molar-refractivity contribution < 1.29 is 22.7 Å². The second-order valence-electron chi connectivity index (χ2n) is 7.84. The smallest absolute Gasteiger partial charge is 0.250 e. The Labute approximate surface area is 179 Å². The van der Waals surface area contributed by atoms with Crippen LogP contribution in [0.1, 0.15) is 25.1 Å². The third-order valence-corrected chi connectivity index (χ3v) is 8.05. The van der Waals surface area contributed by atoms with Crippen LogP contribution >= 0.6 is 0 Å². The number of aliphatic hydroxyl groups is 1. The summed E-state index contributed by atoms with van der Waals surface area (Å²) in [6.45, 7) is 1.81. The highest BCUT2D eigenvalue weighted by atomic mass is 32.2. The molecule has 1 amide bonds. The Balaban J connectivity index is 1.91. The zero-order valence-electron chi connectivity index (χ0n) is 16.9. The van der Waals surface area contributed by atoms with E-state index in [2.05, 4.69) is 5.32 Å². The molecule has 2 N–H and O–H groups in total. The average Bonchev–Trinajstić information content (AvgIpc) is 3.00. The van der Waals surface area contributed by atoms with Crippen molar-refractivity contribution in [1.29, 1.82) is 0 Å². The number of carbonyl (C=O) groups excluding carboxylic acids is 1. The predicted molar refractivity (Wildman–Crippen MR) is 110 cm³/mol. The van der Waals surface area contributed by atoms with Gasteiger partial charge in [0.05, 0.1) is 12.0 Å². The first kappa shape index (κ1) is 21.7. The molecular formula is C21H24FN3O5S. The van der Waals surface area contributed by atoms with Gasteiger partial charge in [-0.3, -0.25) is 9.59 Å². The van der Waals surface area contributed by atoms with Gasteiger partial charge >= 0.3 is 0 Å². The predicted octanol–water partition coefficient (Wildman–Crippen LogP) is 0.866. The number of aliphatic hydroxyl groups excluding tert-OH is 1. The molecule has 1 aromatic heterocycles. The van der Waals surface area contributed by atoms with Crippen LogP contribution in [0.2, 0.25) is 0 Å². The molecule has 0 radical (unpaired) electrons. The van der Waals surface area contributed by atoms with E-state index < -0.39 is 57.2 Å². The van der Waals surface area contributed by atoms with E-state index in [1.807, 2.05) is 6.92 Å². The SMILES string of the molecule is CCCNC(=O)[C@H]1[C@H](CO)[C@H]2Cn3c(cccc3=O)[C@@H]1N2S(=O)(=O)c1ccccc1F. The first-order valence-electron chi connectivity index (χ1n) is 10.2. The van der Waals surface area contributed by atoms with Gasteiger partial charge < -0.3 is 15.0 Å². The number of pyridine rings is 1. The van der Waals surface area contributed by atoms with Crippen LogP contribution in [0.4, 0.5) is 4.39 Å². The number of fused-ring (bicyclic) bond motifs is 4. The number of halogens is 1. The van der Waals surface area contributed by atoms with E-state index >= 15 is 0 Å². The summed E-state index contributed by atoms with van der Waals surface area (Å²) in [5.74, 6) is -2.96. The monoisotopic (exact) mass is 449 g/mol. The second kappa shape index (κ2) is 8.18. The van der Waals surface area contributed by atoms with Gasteiger partial charge in [0.15, 0.2) is 0 Å². The van der Waals surface area contributed by atoms with E-state index in [1.54, 1.807) is 6.07 Å². The van der Waals surface area contributed by atoms with E-state index in [4.69, 9.17) is 0 Å². The number of carbonyl (C=O) groups is 1. The van der Waals surface area contributed by atoms with Gasteiger partial charge in [0.1, 0.15) is 10.7 Å². The zero-order chi connectivity index (χ0) is 22.3. The van der Waals surface area contributed by atoms with Crippen LogP contribution in [0.15, 0.2) is 52.2 Å². The van der Waals surface area contributed by atoms with Crippen molar-refractivity contribution in [2.24, 2.45) is 11.8 Å². The minimum absolute atomic E-state index is 0.0258. The molecule has 0 aliphatic carbocycles. The van der Waals surface area contributed by atoms with Crippen LogP contribution in [-0.2, 0) is 21.4 Å². The lowest BCUT2D eigenvalue weighted by Gasteiger charge is -2.37. The van der Waals surface area contributed by atoms with Crippen molar-refractivity contribution in [3.63, 3.8) is 0 Å². The van der Waals surface area contributed by atoms with E-state index in [1.165, 1.54) is 34.9 Å². The van der Waals surface area contributed by atoms with Crippen LogP contribution in [0.25, 0.3) is 0 Å². The molecule has 2 aliphatic heterocycles. The third-order valence-electron chi connectivity index (χ3n) is 6.11. The van der Waals surface area contributed by atoms with Crippen LogP contribution in [0.5, 0.6) is 0 Å². The van der Waals surface area contributed by atoms with Gasteiger partial charge in [-0.25, -0.2) is 12.8 Å². The van der Waals surface area contributed by atoms with Crippen molar-refractivity contribution in [2.75, 3.05) is 13.2 Å². The van der Waals surface area contributed by atoms with Crippen LogP contribution in [0, 0.1) is 17.7 Å². The average molecular weight is 450 g/mol. The molecule has 2 bridgehead atoms. The van der Waals surface area contributed by atoms with Gasteiger partial charge in [-0.2, -0.15) is 4.31 Å². The summed E-state index contributed by atoms with van der Waals surface area (Å²) in [6.07, 6.45) is 0.684. The molecule has 2 aliphatic rings. The zero-order valence-corrected chi connectivity index (χ0v) is 17.8. The summed E-state index contributed by atoms with van der Waals surface area (Å²) in [5, 5.41) is 12.9. The Kier molecular flexibility index (Phi) is 5.71. The lowest BCUT2D eigenvalue weighted by Crippen LogP contribution is -2.49. The van der Waals surface area contributed by atoms with E-state index in [-0.39, 0.29) is 12.1 Å². The fourth-order valence-corrected chi connectivity index (χ4v) is 6.68. The lowest BCUT2D eigenvalue weighted by atomic mass is 9.86. The maximum Gasteiger partial charge on any atom is 0.250 e. The molecule has 4 atom stereocenters. The summed E-state index contributed by atoms with van der Waals surface area (Å²) >= 11 is 0. The number of sulfonamides is 1. The molecular weight excluding hydrogens is 425 g/mol. The highest BCUT2D eigenvalue weighted by Gasteiger charge is 2.60.